The van der Waals surface area contributed by atoms with Crippen LogP contribution in [0.1, 0.15) is 10.4 Å². The Labute approximate surface area is 214 Å². The zero-order valence-electron chi connectivity index (χ0n) is 19.0. The van der Waals surface area contributed by atoms with Gasteiger partial charge in [-0.3, -0.25) is 20.3 Å². The van der Waals surface area contributed by atoms with Crippen molar-refractivity contribution in [2.24, 2.45) is 0 Å². The van der Waals surface area contributed by atoms with E-state index in [1.807, 2.05) is 91.0 Å². The van der Waals surface area contributed by atoms with Crippen molar-refractivity contribution >= 4 is 57.8 Å². The van der Waals surface area contributed by atoms with Crippen molar-refractivity contribution in [1.29, 1.82) is 5.41 Å². The Hall–Kier alpha value is -4.28. The van der Waals surface area contributed by atoms with Gasteiger partial charge in [-0.1, -0.05) is 66.8 Å². The third kappa shape index (κ3) is 4.77. The molecule has 0 bridgehead atoms. The molecule has 4 aromatic rings. The second kappa shape index (κ2) is 11.0. The fourth-order valence-corrected chi connectivity index (χ4v) is 8.66. The third-order valence-electron chi connectivity index (χ3n) is 5.67. The van der Waals surface area contributed by atoms with Gasteiger partial charge in [0, 0.05) is 23.6 Å². The first-order valence-electron chi connectivity index (χ1n) is 10.9. The molecule has 4 aromatic carbocycles. The van der Waals surface area contributed by atoms with E-state index in [1.54, 1.807) is 0 Å². The summed E-state index contributed by atoms with van der Waals surface area (Å²) in [4.78, 5) is 23.5. The zero-order valence-corrected chi connectivity index (χ0v) is 20.7. The zero-order chi connectivity index (χ0) is 25.5. The maximum Gasteiger partial charge on any atom is 0.269 e. The van der Waals surface area contributed by atoms with Crippen LogP contribution in [-0.2, 0) is 0 Å². The van der Waals surface area contributed by atoms with Gasteiger partial charge in [0.15, 0.2) is 12.3 Å². The van der Waals surface area contributed by atoms with Crippen LogP contribution in [0.25, 0.3) is 0 Å². The number of nitro groups is 1. The first-order valence-corrected chi connectivity index (χ1v) is 13.1. The van der Waals surface area contributed by atoms with E-state index in [9.17, 15) is 14.9 Å². The van der Waals surface area contributed by atoms with Gasteiger partial charge < -0.3 is 5.32 Å². The highest BCUT2D eigenvalue weighted by Gasteiger charge is 2.52. The lowest BCUT2D eigenvalue weighted by Gasteiger charge is -2.28. The maximum atomic E-state index is 13.0. The van der Waals surface area contributed by atoms with Gasteiger partial charge in [0.2, 0.25) is 5.31 Å². The van der Waals surface area contributed by atoms with E-state index >= 15 is 0 Å². The van der Waals surface area contributed by atoms with Crippen LogP contribution in [0.4, 0.5) is 5.69 Å². The van der Waals surface area contributed by atoms with Gasteiger partial charge in [0.05, 0.1) is 4.92 Å². The maximum absolute atomic E-state index is 13.0. The number of benzene rings is 4. The Bertz CT molecular complexity index is 1360. The molecule has 0 aliphatic carbocycles. The van der Waals surface area contributed by atoms with Crippen LogP contribution in [0.5, 0.6) is 0 Å². The van der Waals surface area contributed by atoms with Crippen molar-refractivity contribution in [3.63, 3.8) is 0 Å². The number of hydrogen-bond donors (Lipinski definition) is 2. The minimum Gasteiger partial charge on any atom is -0.309 e. The van der Waals surface area contributed by atoms with Crippen LogP contribution in [0.2, 0.25) is 0 Å². The highest BCUT2D eigenvalue weighted by Crippen LogP contribution is 2.61. The van der Waals surface area contributed by atoms with Crippen LogP contribution >= 0.6 is 19.5 Å². The lowest BCUT2D eigenvalue weighted by atomic mass is 10.2. The molecule has 6 nitrogen and oxygen atoms in total. The Morgan fingerprint density at radius 1 is 0.778 bits per heavy atom. The molecule has 0 atom stereocenters. The Morgan fingerprint density at radius 3 is 1.56 bits per heavy atom. The summed E-state index contributed by atoms with van der Waals surface area (Å²) in [6.07, 6.45) is 0. The highest BCUT2D eigenvalue weighted by molar-refractivity contribution is 8.01. The molecule has 0 heterocycles. The highest BCUT2D eigenvalue weighted by atomic mass is 32.1. The van der Waals surface area contributed by atoms with Crippen molar-refractivity contribution in [2.45, 2.75) is 0 Å². The number of amides is 1. The summed E-state index contributed by atoms with van der Waals surface area (Å²) in [6.45, 7) is 0. The number of rotatable bonds is 7. The first-order chi connectivity index (χ1) is 17.5. The van der Waals surface area contributed by atoms with Gasteiger partial charge >= 0.3 is 0 Å². The molecule has 2 N–H and O–H groups in total. The van der Waals surface area contributed by atoms with Gasteiger partial charge in [-0.25, -0.2) is 0 Å². The van der Waals surface area contributed by atoms with Crippen molar-refractivity contribution in [3.8, 4) is 0 Å². The van der Waals surface area contributed by atoms with Gasteiger partial charge in [0.1, 0.15) is 15.9 Å². The summed E-state index contributed by atoms with van der Waals surface area (Å²) in [7, 11) is -2.72. The molecule has 1 amide bonds. The number of nitrogens with one attached hydrogen (secondary N) is 2. The van der Waals surface area contributed by atoms with E-state index < -0.39 is 18.1 Å². The number of nitro benzene ring substituents is 1. The van der Waals surface area contributed by atoms with E-state index in [4.69, 9.17) is 17.6 Å². The quantitative estimate of drug-likeness (QED) is 0.0934. The molecule has 0 aromatic heterocycles. The van der Waals surface area contributed by atoms with E-state index in [-0.39, 0.29) is 16.2 Å². The van der Waals surface area contributed by atoms with Crippen molar-refractivity contribution < 1.29 is 9.72 Å². The third-order valence-corrected chi connectivity index (χ3v) is 10.3. The predicted octanol–water partition coefficient (Wildman–Crippen LogP) is 4.78. The molecule has 4 rings (SSSR count). The number of thiocarbonyl (C=S) groups is 1. The number of carbonyl (C=O) groups is 1. The molecule has 8 heteroatoms. The number of nitrogens with zero attached hydrogens (tertiary/aromatic N) is 1. The molecule has 0 fully saturated rings. The fourth-order valence-electron chi connectivity index (χ4n) is 4.05. The molecule has 0 aliphatic heterocycles. The molecule has 36 heavy (non-hydrogen) atoms. The molecular weight excluding hydrogens is 489 g/mol. The fraction of sp³-hybridized carbons (Fsp3) is 0. The SMILES string of the molecule is N=C=C(C(=S)NC(=O)c1ccc([N+](=O)[O-])cc1)[P+](c1ccccc1)(c1ccccc1)c1ccccc1. The monoisotopic (exact) mass is 510 g/mol. The summed E-state index contributed by atoms with van der Waals surface area (Å²) < 4.78 is 0. The van der Waals surface area contributed by atoms with Gasteiger partial charge in [0.25, 0.3) is 11.6 Å². The number of carbonyl (C=O) groups excluding carboxylic acids is 1. The molecule has 0 radical (unpaired) electrons. The summed E-state index contributed by atoms with van der Waals surface area (Å²) in [5.41, 5.74) is 0.103. The van der Waals surface area contributed by atoms with Gasteiger partial charge in [-0.05, 0) is 48.5 Å². The lowest BCUT2D eigenvalue weighted by molar-refractivity contribution is -0.384. The summed E-state index contributed by atoms with van der Waals surface area (Å²) in [6, 6.07) is 34.7. The molecule has 0 saturated heterocycles. The summed E-state index contributed by atoms with van der Waals surface area (Å²) in [5.74, 6) is 2.07. The molecule has 0 spiro atoms. The number of non-ortho nitro benzene ring substituents is 1. The minimum absolute atomic E-state index is 0.0817. The van der Waals surface area contributed by atoms with Crippen LogP contribution in [-0.4, -0.2) is 21.7 Å². The summed E-state index contributed by atoms with van der Waals surface area (Å²) >= 11 is 5.73. The first kappa shape index (κ1) is 24.8. The van der Waals surface area contributed by atoms with Gasteiger partial charge in [-0.2, -0.15) is 0 Å². The van der Waals surface area contributed by atoms with Crippen molar-refractivity contribution in [2.75, 3.05) is 0 Å². The predicted molar refractivity (Wildman–Crippen MR) is 150 cm³/mol. The Morgan fingerprint density at radius 2 is 1.19 bits per heavy atom. The van der Waals surface area contributed by atoms with E-state index in [1.165, 1.54) is 24.3 Å². The molecule has 0 aliphatic rings. The minimum atomic E-state index is -2.72. The largest absolute Gasteiger partial charge is 0.309 e. The summed E-state index contributed by atoms with van der Waals surface area (Å²) in [5, 5.41) is 25.3. The molecule has 0 saturated carbocycles. The van der Waals surface area contributed by atoms with Crippen LogP contribution < -0.4 is 21.2 Å². The average molecular weight is 511 g/mol. The molecule has 0 unspecified atom stereocenters. The second-order valence-corrected chi connectivity index (χ2v) is 11.5. The average Bonchev–Trinajstić information content (AvgIpc) is 2.93. The van der Waals surface area contributed by atoms with E-state index in [2.05, 4.69) is 11.2 Å². The van der Waals surface area contributed by atoms with Crippen molar-refractivity contribution in [3.05, 3.63) is 136 Å². The Balaban J connectivity index is 1.85. The van der Waals surface area contributed by atoms with E-state index in [0.717, 1.165) is 15.9 Å². The molecule has 176 valence electrons. The van der Waals surface area contributed by atoms with Crippen LogP contribution in [0, 0.1) is 15.5 Å². The smallest absolute Gasteiger partial charge is 0.269 e. The topological polar surface area (TPSA) is 96.1 Å². The van der Waals surface area contributed by atoms with E-state index in [0.29, 0.717) is 5.31 Å². The van der Waals surface area contributed by atoms with Crippen LogP contribution in [0.3, 0.4) is 0 Å². The normalized spacial score (nSPS) is 10.7. The lowest BCUT2D eigenvalue weighted by Crippen LogP contribution is -2.39. The van der Waals surface area contributed by atoms with Gasteiger partial charge in [-0.15, -0.1) is 0 Å². The van der Waals surface area contributed by atoms with Crippen LogP contribution in [0.15, 0.2) is 121 Å². The standard InChI is InChI=1S/C28H20N3O3PS/c29-20-26(28(36)30-27(32)21-16-18-22(19-17-21)31(33)34)35(23-10-4-1-5-11-23,24-12-6-2-7-13-24)25-14-8-3-9-15-25/h1-19,29H/p+1. The van der Waals surface area contributed by atoms with Crippen molar-refractivity contribution in [1.82, 2.24) is 5.32 Å². The number of hydrogen-bond acceptors (Lipinski definition) is 5. The second-order valence-electron chi connectivity index (χ2n) is 7.74. The Kier molecular flexibility index (Phi) is 7.57. The molecular formula is C28H21N3O3PS+.